The molecule has 1 amide bonds. The average Bonchev–Trinajstić information content (AvgIpc) is 2.38. The maximum atomic E-state index is 12.0. The van der Waals surface area contributed by atoms with E-state index in [4.69, 9.17) is 5.73 Å². The quantitative estimate of drug-likeness (QED) is 0.906. The number of benzene rings is 2. The lowest BCUT2D eigenvalue weighted by Gasteiger charge is -2.16. The number of carbonyl (C=O) groups excluding carboxylic acids is 1. The van der Waals surface area contributed by atoms with E-state index in [1.807, 2.05) is 56.3 Å². The van der Waals surface area contributed by atoms with Gasteiger partial charge in [0.1, 0.15) is 0 Å². The van der Waals surface area contributed by atoms with Crippen molar-refractivity contribution in [1.82, 2.24) is 0 Å². The van der Waals surface area contributed by atoms with E-state index in [0.29, 0.717) is 0 Å². The summed E-state index contributed by atoms with van der Waals surface area (Å²) in [5.41, 5.74) is 6.65. The van der Waals surface area contributed by atoms with Crippen molar-refractivity contribution in [3.05, 3.63) is 42.5 Å². The zero-order valence-electron chi connectivity index (χ0n) is 11.1. The minimum Gasteiger partial charge on any atom is -0.324 e. The molecule has 2 aromatic rings. The molecule has 3 N–H and O–H groups in total. The van der Waals surface area contributed by atoms with Crippen LogP contribution in [0.5, 0.6) is 0 Å². The van der Waals surface area contributed by atoms with Crippen LogP contribution in [0.25, 0.3) is 10.8 Å². The van der Waals surface area contributed by atoms with Crippen LogP contribution in [-0.4, -0.2) is 11.9 Å². The first kappa shape index (κ1) is 15.5. The molecule has 2 aromatic carbocycles. The van der Waals surface area contributed by atoms with Gasteiger partial charge in [-0.2, -0.15) is 0 Å². The molecule has 0 saturated heterocycles. The largest absolute Gasteiger partial charge is 0.324 e. The Bertz CT molecular complexity index is 564. The predicted molar refractivity (Wildman–Crippen MR) is 82.6 cm³/mol. The number of hydrogen-bond acceptors (Lipinski definition) is 2. The van der Waals surface area contributed by atoms with E-state index in [9.17, 15) is 4.79 Å². The molecule has 4 heteroatoms. The zero-order chi connectivity index (χ0) is 13.1. The Morgan fingerprint density at radius 2 is 1.74 bits per heavy atom. The predicted octanol–water partition coefficient (Wildman–Crippen LogP) is 3.18. The van der Waals surface area contributed by atoms with Crippen molar-refractivity contribution in [3.8, 4) is 0 Å². The van der Waals surface area contributed by atoms with Crippen molar-refractivity contribution in [2.75, 3.05) is 5.32 Å². The molecule has 0 fully saturated rings. The molecule has 0 aliphatic rings. The number of nitrogens with one attached hydrogen (secondary N) is 1. The minimum atomic E-state index is -0.482. The molecule has 0 radical (unpaired) electrons. The molecule has 0 aromatic heterocycles. The van der Waals surface area contributed by atoms with Gasteiger partial charge in [-0.15, -0.1) is 12.4 Å². The topological polar surface area (TPSA) is 55.1 Å². The van der Waals surface area contributed by atoms with Crippen molar-refractivity contribution < 1.29 is 4.79 Å². The lowest BCUT2D eigenvalue weighted by molar-refractivity contribution is -0.118. The number of rotatable bonds is 3. The fourth-order valence-corrected chi connectivity index (χ4v) is 1.85. The van der Waals surface area contributed by atoms with Gasteiger partial charge >= 0.3 is 0 Å². The first-order chi connectivity index (χ1) is 8.59. The van der Waals surface area contributed by atoms with Crippen LogP contribution in [-0.2, 0) is 4.79 Å². The van der Waals surface area contributed by atoms with Crippen molar-refractivity contribution in [2.24, 2.45) is 11.7 Å². The molecule has 0 heterocycles. The van der Waals surface area contributed by atoms with Gasteiger partial charge in [-0.3, -0.25) is 4.79 Å². The summed E-state index contributed by atoms with van der Waals surface area (Å²) in [6, 6.07) is 13.3. The fraction of sp³-hybridized carbons (Fsp3) is 0.267. The summed E-state index contributed by atoms with van der Waals surface area (Å²) in [6.45, 7) is 3.88. The van der Waals surface area contributed by atoms with E-state index in [-0.39, 0.29) is 24.2 Å². The summed E-state index contributed by atoms with van der Waals surface area (Å²) >= 11 is 0. The van der Waals surface area contributed by atoms with Crippen LogP contribution in [0.15, 0.2) is 42.5 Å². The normalized spacial score (nSPS) is 12.0. The standard InChI is InChI=1S/C15H18N2O.ClH/c1-10(2)14(16)15(18)17-13-9-5-7-11-6-3-4-8-12(11)13;/h3-10,14H,16H2,1-2H3,(H,17,18);1H/t14-;/m1./s1. The molecule has 102 valence electrons. The summed E-state index contributed by atoms with van der Waals surface area (Å²) in [4.78, 5) is 12.0. The lowest BCUT2D eigenvalue weighted by atomic mass is 10.0. The maximum Gasteiger partial charge on any atom is 0.241 e. The smallest absolute Gasteiger partial charge is 0.241 e. The van der Waals surface area contributed by atoms with E-state index < -0.39 is 6.04 Å². The molecule has 0 aliphatic carbocycles. The molecular formula is C15H19ClN2O. The number of anilines is 1. The SMILES string of the molecule is CC(C)[C@@H](N)C(=O)Nc1cccc2ccccc12.Cl. The highest BCUT2D eigenvalue weighted by molar-refractivity contribution is 6.03. The van der Waals surface area contributed by atoms with Gasteiger partial charge in [-0.1, -0.05) is 50.2 Å². The monoisotopic (exact) mass is 278 g/mol. The fourth-order valence-electron chi connectivity index (χ4n) is 1.85. The molecule has 0 spiro atoms. The average molecular weight is 279 g/mol. The van der Waals surface area contributed by atoms with Crippen LogP contribution in [0.4, 0.5) is 5.69 Å². The molecule has 19 heavy (non-hydrogen) atoms. The van der Waals surface area contributed by atoms with Crippen molar-refractivity contribution >= 4 is 34.8 Å². The van der Waals surface area contributed by atoms with Gasteiger partial charge in [-0.25, -0.2) is 0 Å². The Labute approximate surface area is 119 Å². The Balaban J connectivity index is 0.00000180. The third-order valence-electron chi connectivity index (χ3n) is 3.07. The first-order valence-corrected chi connectivity index (χ1v) is 6.14. The van der Waals surface area contributed by atoms with Crippen LogP contribution >= 0.6 is 12.4 Å². The highest BCUT2D eigenvalue weighted by atomic mass is 35.5. The molecule has 0 saturated carbocycles. The van der Waals surface area contributed by atoms with E-state index in [0.717, 1.165) is 16.5 Å². The molecule has 0 unspecified atom stereocenters. The maximum absolute atomic E-state index is 12.0. The molecule has 2 rings (SSSR count). The lowest BCUT2D eigenvalue weighted by Crippen LogP contribution is -2.39. The van der Waals surface area contributed by atoms with E-state index >= 15 is 0 Å². The van der Waals surface area contributed by atoms with Gasteiger partial charge in [0.25, 0.3) is 0 Å². The summed E-state index contributed by atoms with van der Waals surface area (Å²) in [6.07, 6.45) is 0. The molecule has 0 bridgehead atoms. The van der Waals surface area contributed by atoms with E-state index in [2.05, 4.69) is 5.32 Å². The third kappa shape index (κ3) is 3.46. The Kier molecular flexibility index (Phi) is 5.33. The van der Waals surface area contributed by atoms with Crippen LogP contribution < -0.4 is 11.1 Å². The second-order valence-electron chi connectivity index (χ2n) is 4.79. The van der Waals surface area contributed by atoms with E-state index in [1.54, 1.807) is 0 Å². The van der Waals surface area contributed by atoms with Gasteiger partial charge in [-0.05, 0) is 17.4 Å². The number of nitrogens with two attached hydrogens (primary N) is 1. The highest BCUT2D eigenvalue weighted by Gasteiger charge is 2.17. The number of fused-ring (bicyclic) bond motifs is 1. The number of halogens is 1. The zero-order valence-corrected chi connectivity index (χ0v) is 11.9. The summed E-state index contributed by atoms with van der Waals surface area (Å²) in [7, 11) is 0. The summed E-state index contributed by atoms with van der Waals surface area (Å²) < 4.78 is 0. The Morgan fingerprint density at radius 3 is 2.42 bits per heavy atom. The number of carbonyl (C=O) groups is 1. The number of amides is 1. The highest BCUT2D eigenvalue weighted by Crippen LogP contribution is 2.23. The third-order valence-corrected chi connectivity index (χ3v) is 3.07. The molecule has 1 atom stereocenters. The summed E-state index contributed by atoms with van der Waals surface area (Å²) in [5.74, 6) is -0.0127. The van der Waals surface area contributed by atoms with Crippen molar-refractivity contribution in [3.63, 3.8) is 0 Å². The van der Waals surface area contributed by atoms with Crippen LogP contribution in [0, 0.1) is 5.92 Å². The second kappa shape index (κ2) is 6.55. The van der Waals surface area contributed by atoms with Gasteiger partial charge < -0.3 is 11.1 Å². The van der Waals surface area contributed by atoms with Gasteiger partial charge in [0, 0.05) is 11.1 Å². The van der Waals surface area contributed by atoms with Crippen LogP contribution in [0.2, 0.25) is 0 Å². The van der Waals surface area contributed by atoms with Crippen LogP contribution in [0.3, 0.4) is 0 Å². The summed E-state index contributed by atoms with van der Waals surface area (Å²) in [5, 5.41) is 5.04. The second-order valence-corrected chi connectivity index (χ2v) is 4.79. The van der Waals surface area contributed by atoms with Crippen molar-refractivity contribution in [2.45, 2.75) is 19.9 Å². The number of hydrogen-bond donors (Lipinski definition) is 2. The Morgan fingerprint density at radius 1 is 1.11 bits per heavy atom. The molecule has 3 nitrogen and oxygen atoms in total. The van der Waals surface area contributed by atoms with Gasteiger partial charge in [0.05, 0.1) is 6.04 Å². The molecule has 0 aliphatic heterocycles. The molecular weight excluding hydrogens is 260 g/mol. The van der Waals surface area contributed by atoms with Crippen LogP contribution in [0.1, 0.15) is 13.8 Å². The van der Waals surface area contributed by atoms with Gasteiger partial charge in [0.2, 0.25) is 5.91 Å². The van der Waals surface area contributed by atoms with Gasteiger partial charge in [0.15, 0.2) is 0 Å². The Hall–Kier alpha value is -1.58. The van der Waals surface area contributed by atoms with E-state index in [1.165, 1.54) is 0 Å². The van der Waals surface area contributed by atoms with Crippen molar-refractivity contribution in [1.29, 1.82) is 0 Å². The minimum absolute atomic E-state index is 0. The first-order valence-electron chi connectivity index (χ1n) is 6.14.